The maximum absolute atomic E-state index is 10.8. The molecular formula is C11H8BrClN2O3. The number of non-ortho nitro benzene ring substituents is 1. The highest BCUT2D eigenvalue weighted by Gasteiger charge is 2.13. The number of nitro benzene ring substituents is 1. The van der Waals surface area contributed by atoms with Crippen molar-refractivity contribution in [2.24, 2.45) is 0 Å². The summed E-state index contributed by atoms with van der Waals surface area (Å²) in [7, 11) is 0. The molecule has 0 N–H and O–H groups in total. The molecule has 18 heavy (non-hydrogen) atoms. The molecule has 5 nitrogen and oxygen atoms in total. The van der Waals surface area contributed by atoms with E-state index >= 15 is 0 Å². The van der Waals surface area contributed by atoms with E-state index in [-0.39, 0.29) is 5.69 Å². The predicted octanol–water partition coefficient (Wildman–Crippen LogP) is 3.79. The number of hydrogen-bond acceptors (Lipinski definition) is 4. The molecule has 0 spiro atoms. The average molecular weight is 332 g/mol. The summed E-state index contributed by atoms with van der Waals surface area (Å²) in [5.74, 6) is 1.42. The van der Waals surface area contributed by atoms with Crippen LogP contribution in [0.15, 0.2) is 33.3 Å². The molecule has 0 aliphatic carbocycles. The van der Waals surface area contributed by atoms with Crippen LogP contribution < -0.4 is 0 Å². The molecule has 1 aromatic carbocycles. The third-order valence-corrected chi connectivity index (χ3v) is 2.89. The normalized spacial score (nSPS) is 10.6. The lowest BCUT2D eigenvalue weighted by molar-refractivity contribution is -0.384. The summed E-state index contributed by atoms with van der Waals surface area (Å²) in [4.78, 5) is 14.4. The summed E-state index contributed by atoms with van der Waals surface area (Å²) in [6.45, 7) is 0. The quantitative estimate of drug-likeness (QED) is 0.485. The number of benzene rings is 1. The highest BCUT2D eigenvalue weighted by atomic mass is 79.9. The Bertz CT molecular complexity index is 585. The molecule has 0 aliphatic rings. The maximum Gasteiger partial charge on any atom is 0.271 e. The maximum atomic E-state index is 10.8. The molecule has 0 aliphatic heterocycles. The van der Waals surface area contributed by atoms with Crippen LogP contribution in [0, 0.1) is 10.1 Å². The van der Waals surface area contributed by atoms with E-state index in [0.29, 0.717) is 34.0 Å². The first-order valence-electron chi connectivity index (χ1n) is 5.06. The Labute approximate surface area is 116 Å². The van der Waals surface area contributed by atoms with E-state index in [9.17, 15) is 10.1 Å². The number of nitro groups is 1. The fourth-order valence-corrected chi connectivity index (χ4v) is 2.10. The third kappa shape index (κ3) is 2.88. The van der Waals surface area contributed by atoms with Gasteiger partial charge in [0.1, 0.15) is 0 Å². The SMILES string of the molecule is O=[N+]([O-])c1cc(Br)cc(-c2cnc(CCCl)o2)c1. The molecule has 0 saturated heterocycles. The summed E-state index contributed by atoms with van der Waals surface area (Å²) in [6, 6.07) is 4.60. The van der Waals surface area contributed by atoms with Gasteiger partial charge >= 0.3 is 0 Å². The van der Waals surface area contributed by atoms with Crippen molar-refractivity contribution in [2.75, 3.05) is 5.88 Å². The van der Waals surface area contributed by atoms with E-state index in [1.807, 2.05) is 0 Å². The Kier molecular flexibility index (Phi) is 3.98. The average Bonchev–Trinajstić information content (AvgIpc) is 2.77. The van der Waals surface area contributed by atoms with E-state index in [1.54, 1.807) is 6.07 Å². The van der Waals surface area contributed by atoms with Gasteiger partial charge < -0.3 is 4.42 Å². The Morgan fingerprint density at radius 2 is 2.22 bits per heavy atom. The molecule has 0 radical (unpaired) electrons. The highest BCUT2D eigenvalue weighted by molar-refractivity contribution is 9.10. The van der Waals surface area contributed by atoms with Crippen LogP contribution in [0.25, 0.3) is 11.3 Å². The predicted molar refractivity (Wildman–Crippen MR) is 70.7 cm³/mol. The van der Waals surface area contributed by atoms with Gasteiger partial charge in [-0.2, -0.15) is 0 Å². The van der Waals surface area contributed by atoms with Crippen molar-refractivity contribution in [2.45, 2.75) is 6.42 Å². The smallest absolute Gasteiger partial charge is 0.271 e. The van der Waals surface area contributed by atoms with Crippen molar-refractivity contribution in [1.82, 2.24) is 4.98 Å². The van der Waals surface area contributed by atoms with Crippen LogP contribution in [0.2, 0.25) is 0 Å². The molecular weight excluding hydrogens is 323 g/mol. The van der Waals surface area contributed by atoms with Gasteiger partial charge in [0.25, 0.3) is 5.69 Å². The monoisotopic (exact) mass is 330 g/mol. The Morgan fingerprint density at radius 1 is 1.44 bits per heavy atom. The second-order valence-corrected chi connectivity index (χ2v) is 4.81. The molecule has 1 aromatic heterocycles. The van der Waals surface area contributed by atoms with Crippen LogP contribution in [-0.4, -0.2) is 15.8 Å². The van der Waals surface area contributed by atoms with Crippen molar-refractivity contribution in [1.29, 1.82) is 0 Å². The molecule has 2 rings (SSSR count). The lowest BCUT2D eigenvalue weighted by Gasteiger charge is -1.98. The topological polar surface area (TPSA) is 69.2 Å². The largest absolute Gasteiger partial charge is 0.441 e. The number of rotatable bonds is 4. The molecule has 0 fully saturated rings. The molecule has 0 atom stereocenters. The number of hydrogen-bond donors (Lipinski definition) is 0. The first-order chi connectivity index (χ1) is 8.60. The minimum atomic E-state index is -0.454. The van der Waals surface area contributed by atoms with Gasteiger partial charge in [0.05, 0.1) is 11.1 Å². The summed E-state index contributed by atoms with van der Waals surface area (Å²) >= 11 is 8.82. The lowest BCUT2D eigenvalue weighted by atomic mass is 10.1. The zero-order valence-corrected chi connectivity index (χ0v) is 11.4. The summed E-state index contributed by atoms with van der Waals surface area (Å²) in [5.41, 5.74) is 0.596. The van der Waals surface area contributed by atoms with Crippen molar-refractivity contribution in [3.8, 4) is 11.3 Å². The minimum Gasteiger partial charge on any atom is -0.441 e. The summed E-state index contributed by atoms with van der Waals surface area (Å²) in [6.07, 6.45) is 2.06. The Morgan fingerprint density at radius 3 is 2.89 bits per heavy atom. The van der Waals surface area contributed by atoms with Crippen molar-refractivity contribution < 1.29 is 9.34 Å². The van der Waals surface area contributed by atoms with E-state index in [1.165, 1.54) is 18.3 Å². The van der Waals surface area contributed by atoms with Crippen molar-refractivity contribution in [3.05, 3.63) is 44.9 Å². The molecule has 7 heteroatoms. The van der Waals surface area contributed by atoms with Gasteiger partial charge in [0.15, 0.2) is 11.7 Å². The minimum absolute atomic E-state index is 0.00494. The molecule has 94 valence electrons. The molecule has 0 unspecified atom stereocenters. The number of aryl methyl sites for hydroxylation is 1. The van der Waals surface area contributed by atoms with Crippen LogP contribution in [0.4, 0.5) is 5.69 Å². The fraction of sp³-hybridized carbons (Fsp3) is 0.182. The van der Waals surface area contributed by atoms with Crippen LogP contribution in [-0.2, 0) is 6.42 Å². The zero-order chi connectivity index (χ0) is 13.1. The Hall–Kier alpha value is -1.40. The van der Waals surface area contributed by atoms with Crippen LogP contribution in [0.5, 0.6) is 0 Å². The number of oxazole rings is 1. The first kappa shape index (κ1) is 13.0. The Balaban J connectivity index is 2.39. The van der Waals surface area contributed by atoms with Crippen molar-refractivity contribution >= 4 is 33.2 Å². The lowest BCUT2D eigenvalue weighted by Crippen LogP contribution is -1.88. The van der Waals surface area contributed by atoms with Crippen LogP contribution >= 0.6 is 27.5 Å². The molecule has 0 bridgehead atoms. The van der Waals surface area contributed by atoms with Crippen LogP contribution in [0.3, 0.4) is 0 Å². The first-order valence-corrected chi connectivity index (χ1v) is 6.39. The van der Waals surface area contributed by atoms with E-state index < -0.39 is 4.92 Å². The van der Waals surface area contributed by atoms with E-state index in [0.717, 1.165) is 0 Å². The molecule has 2 aromatic rings. The van der Waals surface area contributed by atoms with Gasteiger partial charge in [-0.15, -0.1) is 11.6 Å². The standard InChI is InChI=1S/C11H8BrClN2O3/c12-8-3-7(4-9(5-8)15(16)17)10-6-14-11(18-10)1-2-13/h3-6H,1-2H2. The fourth-order valence-electron chi connectivity index (χ4n) is 1.46. The van der Waals surface area contributed by atoms with Crippen LogP contribution in [0.1, 0.15) is 5.89 Å². The number of alkyl halides is 1. The second kappa shape index (κ2) is 5.49. The summed E-state index contributed by atoms with van der Waals surface area (Å²) in [5, 5.41) is 10.8. The zero-order valence-electron chi connectivity index (χ0n) is 9.10. The van der Waals surface area contributed by atoms with Gasteiger partial charge in [-0.25, -0.2) is 4.98 Å². The number of halogens is 2. The van der Waals surface area contributed by atoms with Gasteiger partial charge in [-0.3, -0.25) is 10.1 Å². The second-order valence-electron chi connectivity index (χ2n) is 3.51. The molecule has 0 saturated carbocycles. The highest BCUT2D eigenvalue weighted by Crippen LogP contribution is 2.29. The third-order valence-electron chi connectivity index (χ3n) is 2.24. The molecule has 0 amide bonds. The summed E-state index contributed by atoms with van der Waals surface area (Å²) < 4.78 is 6.07. The van der Waals surface area contributed by atoms with Gasteiger partial charge in [0.2, 0.25) is 0 Å². The number of nitrogens with zero attached hydrogens (tertiary/aromatic N) is 2. The van der Waals surface area contributed by atoms with E-state index in [2.05, 4.69) is 20.9 Å². The van der Waals surface area contributed by atoms with Gasteiger partial charge in [0, 0.05) is 34.5 Å². The van der Waals surface area contributed by atoms with Gasteiger partial charge in [-0.05, 0) is 6.07 Å². The van der Waals surface area contributed by atoms with E-state index in [4.69, 9.17) is 16.0 Å². The number of aromatic nitrogens is 1. The van der Waals surface area contributed by atoms with Crippen molar-refractivity contribution in [3.63, 3.8) is 0 Å². The van der Waals surface area contributed by atoms with Gasteiger partial charge in [-0.1, -0.05) is 15.9 Å². The molecule has 1 heterocycles.